The molecule has 2 aromatic rings. The van der Waals surface area contributed by atoms with E-state index in [1.165, 1.54) is 0 Å². The normalized spacial score (nSPS) is 12.0. The molecule has 21 heavy (non-hydrogen) atoms. The van der Waals surface area contributed by atoms with Gasteiger partial charge >= 0.3 is 5.97 Å². The molecule has 0 aliphatic rings. The molecule has 0 bridgehead atoms. The molecule has 0 radical (unpaired) electrons. The third kappa shape index (κ3) is 4.53. The quantitative estimate of drug-likeness (QED) is 0.892. The van der Waals surface area contributed by atoms with Crippen molar-refractivity contribution in [3.05, 3.63) is 70.8 Å². The van der Waals surface area contributed by atoms with Gasteiger partial charge in [0.1, 0.15) is 0 Å². The first-order valence-electron chi connectivity index (χ1n) is 6.74. The predicted molar refractivity (Wildman–Crippen MR) is 84.5 cm³/mol. The lowest BCUT2D eigenvalue weighted by molar-refractivity contribution is -0.136. The van der Waals surface area contributed by atoms with Gasteiger partial charge in [0.15, 0.2) is 0 Å². The van der Waals surface area contributed by atoms with Crippen LogP contribution >= 0.6 is 0 Å². The molecule has 3 nitrogen and oxygen atoms in total. The number of hydrogen-bond donors (Lipinski definition) is 1. The number of carboxylic acid groups (broad SMARTS) is 1. The number of carbonyl (C=O) groups is 1. The van der Waals surface area contributed by atoms with Crippen LogP contribution in [0.4, 0.5) is 0 Å². The van der Waals surface area contributed by atoms with Gasteiger partial charge in [0.2, 0.25) is 0 Å². The van der Waals surface area contributed by atoms with Crippen molar-refractivity contribution in [1.82, 2.24) is 0 Å². The Balaban J connectivity index is 2.10. The summed E-state index contributed by atoms with van der Waals surface area (Å²) in [5.74, 6) is 0.0124. The third-order valence-electron chi connectivity index (χ3n) is 3.35. The maximum Gasteiger partial charge on any atom is 0.307 e. The summed E-state index contributed by atoms with van der Waals surface area (Å²) in [5.41, 5.74) is 3.80. The fourth-order valence-corrected chi connectivity index (χ4v) is 3.60. The average molecular weight is 302 g/mol. The fraction of sp³-hybridized carbons (Fsp3) is 0.235. The van der Waals surface area contributed by atoms with Crippen LogP contribution in [0.1, 0.15) is 22.3 Å². The van der Waals surface area contributed by atoms with E-state index in [1.807, 2.05) is 49.4 Å². The minimum absolute atomic E-state index is 0.0300. The minimum Gasteiger partial charge on any atom is -0.481 e. The van der Waals surface area contributed by atoms with Crippen LogP contribution in [0.25, 0.3) is 0 Å². The van der Waals surface area contributed by atoms with E-state index in [0.717, 1.165) is 22.3 Å². The zero-order chi connectivity index (χ0) is 15.2. The van der Waals surface area contributed by atoms with E-state index in [4.69, 9.17) is 5.11 Å². The lowest BCUT2D eigenvalue weighted by Crippen LogP contribution is -2.07. The molecule has 4 heteroatoms. The number of hydrogen-bond acceptors (Lipinski definition) is 2. The molecule has 110 valence electrons. The predicted octanol–water partition coefficient (Wildman–Crippen LogP) is 3.07. The van der Waals surface area contributed by atoms with Gasteiger partial charge in [0.25, 0.3) is 0 Å². The van der Waals surface area contributed by atoms with Gasteiger partial charge < -0.3 is 5.11 Å². The molecular formula is C17H18O3S. The highest BCUT2D eigenvalue weighted by atomic mass is 32.2. The second-order valence-corrected chi connectivity index (χ2v) is 6.45. The van der Waals surface area contributed by atoms with E-state index in [0.29, 0.717) is 11.5 Å². The van der Waals surface area contributed by atoms with Gasteiger partial charge in [0.05, 0.1) is 6.42 Å². The molecule has 2 rings (SSSR count). The zero-order valence-corrected chi connectivity index (χ0v) is 12.7. The van der Waals surface area contributed by atoms with Crippen LogP contribution in [-0.4, -0.2) is 15.3 Å². The van der Waals surface area contributed by atoms with E-state index < -0.39 is 16.8 Å². The number of aliphatic carboxylic acids is 1. The molecule has 0 saturated carbocycles. The fourth-order valence-electron chi connectivity index (χ4n) is 2.20. The van der Waals surface area contributed by atoms with E-state index in [-0.39, 0.29) is 6.42 Å². The molecule has 2 aromatic carbocycles. The molecule has 0 aliphatic heterocycles. The molecule has 0 spiro atoms. The van der Waals surface area contributed by atoms with Crippen LogP contribution in [0.5, 0.6) is 0 Å². The molecule has 1 N–H and O–H groups in total. The molecule has 0 fully saturated rings. The van der Waals surface area contributed by atoms with Crippen molar-refractivity contribution in [2.45, 2.75) is 24.9 Å². The van der Waals surface area contributed by atoms with E-state index >= 15 is 0 Å². The second-order valence-electron chi connectivity index (χ2n) is 4.99. The molecule has 0 aliphatic carbocycles. The Morgan fingerprint density at radius 1 is 0.952 bits per heavy atom. The number of aryl methyl sites for hydroxylation is 1. The molecule has 0 heterocycles. The van der Waals surface area contributed by atoms with Crippen molar-refractivity contribution in [3.8, 4) is 0 Å². The minimum atomic E-state index is -1.05. The van der Waals surface area contributed by atoms with E-state index in [1.54, 1.807) is 6.07 Å². The summed E-state index contributed by atoms with van der Waals surface area (Å²) in [6, 6.07) is 15.2. The zero-order valence-electron chi connectivity index (χ0n) is 11.9. The van der Waals surface area contributed by atoms with Gasteiger partial charge in [-0.15, -0.1) is 0 Å². The number of carboxylic acids is 1. The topological polar surface area (TPSA) is 54.4 Å². The molecule has 0 saturated heterocycles. The monoisotopic (exact) mass is 302 g/mol. The van der Waals surface area contributed by atoms with Gasteiger partial charge in [-0.3, -0.25) is 9.00 Å². The maximum atomic E-state index is 12.3. The summed E-state index contributed by atoms with van der Waals surface area (Å²) in [5, 5.41) is 8.92. The number of rotatable bonds is 6. The van der Waals surface area contributed by atoms with Crippen LogP contribution in [0.2, 0.25) is 0 Å². The Morgan fingerprint density at radius 2 is 1.48 bits per heavy atom. The second kappa shape index (κ2) is 7.18. The molecular weight excluding hydrogens is 284 g/mol. The highest BCUT2D eigenvalue weighted by Gasteiger charge is 2.10. The van der Waals surface area contributed by atoms with Crippen molar-refractivity contribution in [2.24, 2.45) is 0 Å². The van der Waals surface area contributed by atoms with Crippen molar-refractivity contribution >= 4 is 16.8 Å². The summed E-state index contributed by atoms with van der Waals surface area (Å²) in [4.78, 5) is 10.9. The van der Waals surface area contributed by atoms with Gasteiger partial charge in [-0.2, -0.15) is 0 Å². The Morgan fingerprint density at radius 3 is 2.10 bits per heavy atom. The summed E-state index contributed by atoms with van der Waals surface area (Å²) in [7, 11) is -1.05. The van der Waals surface area contributed by atoms with Crippen LogP contribution < -0.4 is 0 Å². The first kappa shape index (κ1) is 15.4. The summed E-state index contributed by atoms with van der Waals surface area (Å²) >= 11 is 0. The van der Waals surface area contributed by atoms with Crippen LogP contribution in [0.3, 0.4) is 0 Å². The highest BCUT2D eigenvalue weighted by molar-refractivity contribution is 7.83. The van der Waals surface area contributed by atoms with E-state index in [2.05, 4.69) is 0 Å². The SMILES string of the molecule is Cc1ccccc1CS(=O)Cc1ccccc1CC(=O)O. The summed E-state index contributed by atoms with van der Waals surface area (Å²) in [6.45, 7) is 2.00. The van der Waals surface area contributed by atoms with Gasteiger partial charge in [-0.25, -0.2) is 0 Å². The average Bonchev–Trinajstić information content (AvgIpc) is 2.43. The van der Waals surface area contributed by atoms with Crippen molar-refractivity contribution < 1.29 is 14.1 Å². The van der Waals surface area contributed by atoms with Crippen LogP contribution in [0.15, 0.2) is 48.5 Å². The Kier molecular flexibility index (Phi) is 5.28. The lowest BCUT2D eigenvalue weighted by atomic mass is 10.1. The van der Waals surface area contributed by atoms with Gasteiger partial charge in [-0.05, 0) is 29.2 Å². The van der Waals surface area contributed by atoms with Gasteiger partial charge in [0, 0.05) is 22.3 Å². The van der Waals surface area contributed by atoms with Crippen LogP contribution in [-0.2, 0) is 33.5 Å². The van der Waals surface area contributed by atoms with E-state index in [9.17, 15) is 9.00 Å². The first-order valence-corrected chi connectivity index (χ1v) is 8.23. The highest BCUT2D eigenvalue weighted by Crippen LogP contribution is 2.16. The lowest BCUT2D eigenvalue weighted by Gasteiger charge is -2.09. The van der Waals surface area contributed by atoms with Crippen molar-refractivity contribution in [1.29, 1.82) is 0 Å². The summed E-state index contributed by atoms with van der Waals surface area (Å²) < 4.78 is 12.3. The standard InChI is InChI=1S/C17H18O3S/c1-13-6-2-3-8-15(13)11-21(20)12-16-9-5-4-7-14(16)10-17(18)19/h2-9H,10-12H2,1H3,(H,18,19). The molecule has 1 atom stereocenters. The third-order valence-corrected chi connectivity index (χ3v) is 4.62. The summed E-state index contributed by atoms with van der Waals surface area (Å²) in [6.07, 6.45) is -0.0300. The Bertz CT molecular complexity index is 665. The Labute approximate surface area is 127 Å². The number of benzene rings is 2. The smallest absolute Gasteiger partial charge is 0.307 e. The van der Waals surface area contributed by atoms with Gasteiger partial charge in [-0.1, -0.05) is 48.5 Å². The van der Waals surface area contributed by atoms with Crippen molar-refractivity contribution in [2.75, 3.05) is 0 Å². The molecule has 0 amide bonds. The first-order chi connectivity index (χ1) is 10.1. The van der Waals surface area contributed by atoms with Crippen LogP contribution in [0, 0.1) is 6.92 Å². The largest absolute Gasteiger partial charge is 0.481 e. The molecule has 0 aromatic heterocycles. The molecule has 1 unspecified atom stereocenters. The van der Waals surface area contributed by atoms with Crippen molar-refractivity contribution in [3.63, 3.8) is 0 Å². The Hall–Kier alpha value is -1.94. The maximum absolute atomic E-state index is 12.3.